The molecule has 0 aliphatic heterocycles. The average molecular weight is 310 g/mol. The molecule has 1 aromatic heterocycles. The van der Waals surface area contributed by atoms with Crippen LogP contribution in [0.5, 0.6) is 11.5 Å². The molecule has 0 aliphatic rings. The first-order valence-electron chi connectivity index (χ1n) is 6.78. The quantitative estimate of drug-likeness (QED) is 0.887. The number of benzene rings is 1. The van der Waals surface area contributed by atoms with Gasteiger partial charge in [-0.05, 0) is 26.0 Å². The van der Waals surface area contributed by atoms with E-state index in [0.29, 0.717) is 11.6 Å². The Morgan fingerprint density at radius 2 is 2.05 bits per heavy atom. The van der Waals surface area contributed by atoms with Gasteiger partial charge in [0, 0.05) is 12.6 Å². The number of hydrogen-bond acceptors (Lipinski definition) is 4. The molecule has 0 saturated carbocycles. The fourth-order valence-electron chi connectivity index (χ4n) is 2.17. The predicted molar refractivity (Wildman–Crippen MR) is 84.5 cm³/mol. The van der Waals surface area contributed by atoms with Crippen molar-refractivity contribution in [3.8, 4) is 11.5 Å². The Kier molecular flexibility index (Phi) is 4.96. The molecule has 5 nitrogen and oxygen atoms in total. The molecule has 0 bridgehead atoms. The molecule has 1 N–H and O–H groups in total. The van der Waals surface area contributed by atoms with E-state index in [4.69, 9.17) is 21.1 Å². The van der Waals surface area contributed by atoms with Gasteiger partial charge in [0.2, 0.25) is 0 Å². The van der Waals surface area contributed by atoms with Crippen molar-refractivity contribution in [1.82, 2.24) is 9.78 Å². The van der Waals surface area contributed by atoms with E-state index >= 15 is 0 Å². The molecule has 1 aromatic carbocycles. The van der Waals surface area contributed by atoms with Gasteiger partial charge in [-0.15, -0.1) is 0 Å². The van der Waals surface area contributed by atoms with Crippen molar-refractivity contribution in [1.29, 1.82) is 0 Å². The molecule has 6 heteroatoms. The third-order valence-electron chi connectivity index (χ3n) is 3.31. The number of anilines is 1. The van der Waals surface area contributed by atoms with Gasteiger partial charge in [0.25, 0.3) is 0 Å². The van der Waals surface area contributed by atoms with Crippen LogP contribution in [0.1, 0.15) is 18.3 Å². The molecule has 0 unspecified atom stereocenters. The zero-order chi connectivity index (χ0) is 15.4. The van der Waals surface area contributed by atoms with E-state index in [1.54, 1.807) is 14.2 Å². The Labute approximate surface area is 129 Å². The number of halogens is 1. The summed E-state index contributed by atoms with van der Waals surface area (Å²) in [4.78, 5) is 0. The van der Waals surface area contributed by atoms with E-state index in [-0.39, 0.29) is 0 Å². The smallest absolute Gasteiger partial charge is 0.142 e. The molecular weight excluding hydrogens is 290 g/mol. The molecule has 21 heavy (non-hydrogen) atoms. The standard InChI is InChI=1S/C15H20ClN3O2/c1-5-19-13(15(16)10(2)18-19)9-17-12-8-11(20-3)6-7-14(12)21-4/h6-8,17H,5,9H2,1-4H3. The maximum atomic E-state index is 6.31. The van der Waals surface area contributed by atoms with Gasteiger partial charge in [-0.25, -0.2) is 0 Å². The van der Waals surface area contributed by atoms with Gasteiger partial charge in [0.05, 0.1) is 42.9 Å². The summed E-state index contributed by atoms with van der Waals surface area (Å²) < 4.78 is 12.5. The van der Waals surface area contributed by atoms with Crippen LogP contribution in [-0.2, 0) is 13.1 Å². The Bertz CT molecular complexity index is 626. The first kappa shape index (κ1) is 15.5. The lowest BCUT2D eigenvalue weighted by atomic mass is 10.2. The Morgan fingerprint density at radius 1 is 1.29 bits per heavy atom. The van der Waals surface area contributed by atoms with Gasteiger partial charge >= 0.3 is 0 Å². The fourth-order valence-corrected chi connectivity index (χ4v) is 2.37. The van der Waals surface area contributed by atoms with Crippen LogP contribution in [0.15, 0.2) is 18.2 Å². The maximum absolute atomic E-state index is 6.31. The summed E-state index contributed by atoms with van der Waals surface area (Å²) in [5.74, 6) is 1.52. The average Bonchev–Trinajstić information content (AvgIpc) is 2.79. The summed E-state index contributed by atoms with van der Waals surface area (Å²) in [6.07, 6.45) is 0. The van der Waals surface area contributed by atoms with Crippen molar-refractivity contribution in [2.75, 3.05) is 19.5 Å². The number of ether oxygens (including phenoxy) is 2. The summed E-state index contributed by atoms with van der Waals surface area (Å²) >= 11 is 6.31. The number of hydrogen-bond donors (Lipinski definition) is 1. The Hall–Kier alpha value is -1.88. The van der Waals surface area contributed by atoms with Crippen molar-refractivity contribution in [2.24, 2.45) is 0 Å². The van der Waals surface area contributed by atoms with Crippen LogP contribution in [-0.4, -0.2) is 24.0 Å². The number of nitrogens with one attached hydrogen (secondary N) is 1. The summed E-state index contributed by atoms with van der Waals surface area (Å²) in [6, 6.07) is 5.62. The van der Waals surface area contributed by atoms with Crippen LogP contribution < -0.4 is 14.8 Å². The Balaban J connectivity index is 2.23. The molecule has 0 atom stereocenters. The topological polar surface area (TPSA) is 48.3 Å². The lowest BCUT2D eigenvalue weighted by Gasteiger charge is -2.13. The lowest BCUT2D eigenvalue weighted by molar-refractivity contribution is 0.404. The molecule has 0 amide bonds. The van der Waals surface area contributed by atoms with E-state index < -0.39 is 0 Å². The minimum Gasteiger partial charge on any atom is -0.497 e. The van der Waals surface area contributed by atoms with E-state index in [1.165, 1.54) is 0 Å². The second-order valence-electron chi connectivity index (χ2n) is 4.58. The van der Waals surface area contributed by atoms with Crippen LogP contribution in [0.25, 0.3) is 0 Å². The van der Waals surface area contributed by atoms with Crippen molar-refractivity contribution >= 4 is 17.3 Å². The van der Waals surface area contributed by atoms with E-state index in [0.717, 1.165) is 35.1 Å². The summed E-state index contributed by atoms with van der Waals surface area (Å²) in [7, 11) is 3.28. The molecule has 2 aromatic rings. The first-order chi connectivity index (χ1) is 10.1. The second-order valence-corrected chi connectivity index (χ2v) is 4.96. The third kappa shape index (κ3) is 3.24. The predicted octanol–water partition coefficient (Wildman–Crippen LogP) is 3.49. The highest BCUT2D eigenvalue weighted by Crippen LogP contribution is 2.30. The molecule has 0 fully saturated rings. The van der Waals surface area contributed by atoms with Crippen molar-refractivity contribution in [2.45, 2.75) is 26.9 Å². The number of nitrogens with zero attached hydrogens (tertiary/aromatic N) is 2. The normalized spacial score (nSPS) is 10.5. The first-order valence-corrected chi connectivity index (χ1v) is 7.16. The van der Waals surface area contributed by atoms with E-state index in [1.807, 2.05) is 36.7 Å². The molecular formula is C15H20ClN3O2. The van der Waals surface area contributed by atoms with Gasteiger partial charge < -0.3 is 14.8 Å². The molecule has 2 rings (SSSR count). The summed E-state index contributed by atoms with van der Waals surface area (Å²) in [5, 5.41) is 8.44. The van der Waals surface area contributed by atoms with Crippen LogP contribution in [0.2, 0.25) is 5.02 Å². The van der Waals surface area contributed by atoms with E-state index in [9.17, 15) is 0 Å². The van der Waals surface area contributed by atoms with Crippen molar-refractivity contribution in [3.05, 3.63) is 34.6 Å². The molecule has 1 heterocycles. The minimum atomic E-state index is 0.567. The van der Waals surface area contributed by atoms with Gasteiger partial charge in [-0.3, -0.25) is 4.68 Å². The van der Waals surface area contributed by atoms with Crippen LogP contribution in [0, 0.1) is 6.92 Å². The zero-order valence-electron chi connectivity index (χ0n) is 12.7. The number of aromatic nitrogens is 2. The second kappa shape index (κ2) is 6.72. The highest BCUT2D eigenvalue weighted by molar-refractivity contribution is 6.31. The highest BCUT2D eigenvalue weighted by Gasteiger charge is 2.13. The summed E-state index contributed by atoms with van der Waals surface area (Å²) in [6.45, 7) is 5.29. The van der Waals surface area contributed by atoms with Crippen LogP contribution >= 0.6 is 11.6 Å². The van der Waals surface area contributed by atoms with Crippen LogP contribution in [0.3, 0.4) is 0 Å². The van der Waals surface area contributed by atoms with Gasteiger partial charge in [-0.1, -0.05) is 11.6 Å². The molecule has 0 aliphatic carbocycles. The number of rotatable bonds is 6. The molecule has 0 spiro atoms. The van der Waals surface area contributed by atoms with Crippen molar-refractivity contribution in [3.63, 3.8) is 0 Å². The van der Waals surface area contributed by atoms with Gasteiger partial charge in [-0.2, -0.15) is 5.10 Å². The number of methoxy groups -OCH3 is 2. The minimum absolute atomic E-state index is 0.567. The molecule has 0 saturated heterocycles. The molecule has 0 radical (unpaired) electrons. The largest absolute Gasteiger partial charge is 0.497 e. The van der Waals surface area contributed by atoms with Crippen molar-refractivity contribution < 1.29 is 9.47 Å². The lowest BCUT2D eigenvalue weighted by Crippen LogP contribution is -2.09. The zero-order valence-corrected chi connectivity index (χ0v) is 13.5. The van der Waals surface area contributed by atoms with Crippen LogP contribution in [0.4, 0.5) is 5.69 Å². The SMILES string of the molecule is CCn1nc(C)c(Cl)c1CNc1cc(OC)ccc1OC. The molecule has 114 valence electrons. The van der Waals surface area contributed by atoms with E-state index in [2.05, 4.69) is 10.4 Å². The Morgan fingerprint density at radius 3 is 2.67 bits per heavy atom. The summed E-state index contributed by atoms with van der Waals surface area (Å²) in [5.41, 5.74) is 2.66. The van der Waals surface area contributed by atoms with Gasteiger partial charge in [0.1, 0.15) is 11.5 Å². The maximum Gasteiger partial charge on any atom is 0.142 e. The fraction of sp³-hybridized carbons (Fsp3) is 0.400. The number of aryl methyl sites for hydroxylation is 2. The monoisotopic (exact) mass is 309 g/mol. The van der Waals surface area contributed by atoms with Gasteiger partial charge in [0.15, 0.2) is 0 Å². The highest BCUT2D eigenvalue weighted by atomic mass is 35.5. The third-order valence-corrected chi connectivity index (χ3v) is 3.80.